The third-order valence-electron chi connectivity index (χ3n) is 4.32. The first kappa shape index (κ1) is 17.0. The number of aryl methyl sites for hydroxylation is 1. The molecule has 0 saturated heterocycles. The van der Waals surface area contributed by atoms with E-state index in [0.717, 1.165) is 16.5 Å². The Bertz CT molecular complexity index is 959. The predicted octanol–water partition coefficient (Wildman–Crippen LogP) is 3.89. The number of nitrogens with zero attached hydrogens (tertiary/aromatic N) is 1. The van der Waals surface area contributed by atoms with Gasteiger partial charge in [0.2, 0.25) is 0 Å². The zero-order chi connectivity index (χ0) is 18.0. The first-order valence-electron chi connectivity index (χ1n) is 8.44. The lowest BCUT2D eigenvalue weighted by Gasteiger charge is -2.26. The molecule has 3 rings (SSSR count). The Hall–Kier alpha value is -2.88. The molecule has 3 aromatic rings. The molecular weight excluding hydrogens is 312 g/mol. The van der Waals surface area contributed by atoms with E-state index in [2.05, 4.69) is 4.98 Å². The van der Waals surface area contributed by atoms with Crippen LogP contribution in [0.2, 0.25) is 0 Å². The first-order valence-corrected chi connectivity index (χ1v) is 8.44. The molecule has 0 spiro atoms. The van der Waals surface area contributed by atoms with Gasteiger partial charge in [0, 0.05) is 22.7 Å². The molecule has 1 N–H and O–H groups in total. The Morgan fingerprint density at radius 2 is 1.80 bits per heavy atom. The number of hydrogen-bond donors (Lipinski definition) is 1. The average molecular weight is 334 g/mol. The van der Waals surface area contributed by atoms with Gasteiger partial charge in [-0.15, -0.1) is 0 Å². The molecule has 1 aromatic heterocycles. The molecule has 0 atom stereocenters. The molecule has 0 saturated carbocycles. The maximum absolute atomic E-state index is 12.8. The second kappa shape index (κ2) is 6.93. The lowest BCUT2D eigenvalue weighted by Crippen LogP contribution is -2.38. The number of fused-ring (bicyclic) bond motifs is 1. The van der Waals surface area contributed by atoms with Gasteiger partial charge < -0.3 is 9.88 Å². The molecule has 0 fully saturated rings. The minimum Gasteiger partial charge on any atom is -0.332 e. The second-order valence-corrected chi connectivity index (χ2v) is 6.61. The standard InChI is InChI=1S/C21H22N2O2/c1-14(2)23(21(25)16-7-5-4-6-8-16)13-18-12-17-10-9-15(3)11-19(17)22-20(18)24/h4-12,14H,13H2,1-3H3,(H,22,24). The van der Waals surface area contributed by atoms with E-state index in [4.69, 9.17) is 0 Å². The third kappa shape index (κ3) is 3.63. The highest BCUT2D eigenvalue weighted by Gasteiger charge is 2.20. The van der Waals surface area contributed by atoms with Crippen LogP contribution in [0.3, 0.4) is 0 Å². The number of rotatable bonds is 4. The SMILES string of the molecule is Cc1ccc2cc(CN(C(=O)c3ccccc3)C(C)C)c(=O)[nH]c2c1. The van der Waals surface area contributed by atoms with E-state index in [-0.39, 0.29) is 24.1 Å². The van der Waals surface area contributed by atoms with Crippen molar-refractivity contribution in [3.8, 4) is 0 Å². The quantitative estimate of drug-likeness (QED) is 0.787. The van der Waals surface area contributed by atoms with Crippen LogP contribution >= 0.6 is 0 Å². The Balaban J connectivity index is 1.96. The van der Waals surface area contributed by atoms with Crippen LogP contribution in [-0.2, 0) is 6.54 Å². The minimum atomic E-state index is -0.149. The number of aromatic nitrogens is 1. The van der Waals surface area contributed by atoms with Crippen molar-refractivity contribution in [2.24, 2.45) is 0 Å². The zero-order valence-corrected chi connectivity index (χ0v) is 14.7. The van der Waals surface area contributed by atoms with Crippen molar-refractivity contribution in [3.05, 3.63) is 81.6 Å². The molecule has 0 unspecified atom stereocenters. The Morgan fingerprint density at radius 3 is 2.48 bits per heavy atom. The summed E-state index contributed by atoms with van der Waals surface area (Å²) in [6.45, 7) is 6.19. The van der Waals surface area contributed by atoms with Crippen LogP contribution in [0, 0.1) is 6.92 Å². The van der Waals surface area contributed by atoms with Crippen LogP contribution in [0.5, 0.6) is 0 Å². The topological polar surface area (TPSA) is 53.2 Å². The van der Waals surface area contributed by atoms with Crippen molar-refractivity contribution in [2.75, 3.05) is 0 Å². The smallest absolute Gasteiger partial charge is 0.254 e. The zero-order valence-electron chi connectivity index (χ0n) is 14.7. The average Bonchev–Trinajstić information content (AvgIpc) is 2.60. The van der Waals surface area contributed by atoms with Crippen molar-refractivity contribution >= 4 is 16.8 Å². The number of carbonyl (C=O) groups excluding carboxylic acids is 1. The molecule has 0 aliphatic heterocycles. The number of hydrogen-bond acceptors (Lipinski definition) is 2. The second-order valence-electron chi connectivity index (χ2n) is 6.61. The van der Waals surface area contributed by atoms with E-state index in [1.807, 2.05) is 63.2 Å². The van der Waals surface area contributed by atoms with E-state index in [1.165, 1.54) is 0 Å². The molecule has 2 aromatic carbocycles. The molecule has 4 nitrogen and oxygen atoms in total. The highest BCUT2D eigenvalue weighted by Crippen LogP contribution is 2.16. The van der Waals surface area contributed by atoms with Gasteiger partial charge in [-0.2, -0.15) is 0 Å². The van der Waals surface area contributed by atoms with Crippen LogP contribution in [0.25, 0.3) is 10.9 Å². The number of benzene rings is 2. The van der Waals surface area contributed by atoms with Crippen LogP contribution < -0.4 is 5.56 Å². The van der Waals surface area contributed by atoms with Crippen LogP contribution in [0.15, 0.2) is 59.4 Å². The predicted molar refractivity (Wildman–Crippen MR) is 101 cm³/mol. The molecule has 0 bridgehead atoms. The van der Waals surface area contributed by atoms with Gasteiger partial charge in [-0.1, -0.05) is 30.3 Å². The maximum Gasteiger partial charge on any atom is 0.254 e. The Labute approximate surface area is 147 Å². The van der Waals surface area contributed by atoms with Crippen LogP contribution in [0.1, 0.15) is 35.3 Å². The van der Waals surface area contributed by atoms with E-state index >= 15 is 0 Å². The van der Waals surface area contributed by atoms with Gasteiger partial charge in [0.05, 0.1) is 6.54 Å². The number of H-pyrrole nitrogens is 1. The van der Waals surface area contributed by atoms with E-state index in [1.54, 1.807) is 17.0 Å². The molecule has 25 heavy (non-hydrogen) atoms. The van der Waals surface area contributed by atoms with Gasteiger partial charge >= 0.3 is 0 Å². The molecule has 0 radical (unpaired) electrons. The largest absolute Gasteiger partial charge is 0.332 e. The maximum atomic E-state index is 12.8. The van der Waals surface area contributed by atoms with Gasteiger partial charge in [-0.05, 0) is 56.0 Å². The van der Waals surface area contributed by atoms with Crippen molar-refractivity contribution in [1.82, 2.24) is 9.88 Å². The van der Waals surface area contributed by atoms with Crippen LogP contribution in [0.4, 0.5) is 0 Å². The summed E-state index contributed by atoms with van der Waals surface area (Å²) in [4.78, 5) is 29.9. The number of nitrogens with one attached hydrogen (secondary N) is 1. The molecule has 0 aliphatic rings. The van der Waals surface area contributed by atoms with Gasteiger partial charge in [0.1, 0.15) is 0 Å². The van der Waals surface area contributed by atoms with E-state index < -0.39 is 0 Å². The summed E-state index contributed by atoms with van der Waals surface area (Å²) in [5, 5.41) is 0.969. The van der Waals surface area contributed by atoms with Crippen molar-refractivity contribution in [3.63, 3.8) is 0 Å². The normalized spacial score (nSPS) is 11.0. The Morgan fingerprint density at radius 1 is 1.08 bits per heavy atom. The first-order chi connectivity index (χ1) is 12.0. The molecule has 4 heteroatoms. The molecule has 128 valence electrons. The van der Waals surface area contributed by atoms with E-state index in [0.29, 0.717) is 11.1 Å². The van der Waals surface area contributed by atoms with E-state index in [9.17, 15) is 9.59 Å². The van der Waals surface area contributed by atoms with Crippen molar-refractivity contribution < 1.29 is 4.79 Å². The molecular formula is C21H22N2O2. The number of carbonyl (C=O) groups is 1. The van der Waals surface area contributed by atoms with Gasteiger partial charge in [-0.3, -0.25) is 9.59 Å². The van der Waals surface area contributed by atoms with Crippen molar-refractivity contribution in [2.45, 2.75) is 33.4 Å². The highest BCUT2D eigenvalue weighted by molar-refractivity contribution is 5.94. The summed E-state index contributed by atoms with van der Waals surface area (Å²) in [5.41, 5.74) is 2.99. The van der Waals surface area contributed by atoms with Gasteiger partial charge in [0.15, 0.2) is 0 Å². The summed E-state index contributed by atoms with van der Waals surface area (Å²) in [6.07, 6.45) is 0. The number of pyridine rings is 1. The number of amides is 1. The molecule has 1 amide bonds. The summed E-state index contributed by atoms with van der Waals surface area (Å²) in [6, 6.07) is 17.0. The van der Waals surface area contributed by atoms with Crippen molar-refractivity contribution in [1.29, 1.82) is 0 Å². The summed E-state index contributed by atoms with van der Waals surface area (Å²) >= 11 is 0. The Kier molecular flexibility index (Phi) is 4.70. The summed E-state index contributed by atoms with van der Waals surface area (Å²) in [5.74, 6) is -0.0704. The fourth-order valence-corrected chi connectivity index (χ4v) is 2.90. The monoisotopic (exact) mass is 334 g/mol. The lowest BCUT2D eigenvalue weighted by atomic mass is 10.1. The summed E-state index contributed by atoms with van der Waals surface area (Å²) < 4.78 is 0. The fourth-order valence-electron chi connectivity index (χ4n) is 2.90. The summed E-state index contributed by atoms with van der Waals surface area (Å²) in [7, 11) is 0. The van der Waals surface area contributed by atoms with Gasteiger partial charge in [-0.25, -0.2) is 0 Å². The third-order valence-corrected chi connectivity index (χ3v) is 4.32. The minimum absolute atomic E-state index is 0.0131. The molecule has 1 heterocycles. The number of aromatic amines is 1. The molecule has 0 aliphatic carbocycles. The van der Waals surface area contributed by atoms with Gasteiger partial charge in [0.25, 0.3) is 11.5 Å². The highest BCUT2D eigenvalue weighted by atomic mass is 16.2. The lowest BCUT2D eigenvalue weighted by molar-refractivity contribution is 0.0689. The fraction of sp³-hybridized carbons (Fsp3) is 0.238. The van der Waals surface area contributed by atoms with Crippen LogP contribution in [-0.4, -0.2) is 21.8 Å².